The second-order valence-corrected chi connectivity index (χ2v) is 7.00. The number of amides is 1. The first-order valence-corrected chi connectivity index (χ1v) is 9.06. The van der Waals surface area contributed by atoms with E-state index in [9.17, 15) is 4.79 Å². The molecule has 2 heterocycles. The van der Waals surface area contributed by atoms with E-state index in [4.69, 9.17) is 4.74 Å². The molecule has 1 amide bonds. The predicted octanol–water partition coefficient (Wildman–Crippen LogP) is 4.31. The number of carbonyl (C=O) groups excluding carboxylic acids is 1. The molecule has 4 rings (SSSR count). The fourth-order valence-electron chi connectivity index (χ4n) is 3.39. The van der Waals surface area contributed by atoms with Gasteiger partial charge in [0, 0.05) is 12.1 Å². The maximum absolute atomic E-state index is 13.0. The molecule has 5 nitrogen and oxygen atoms in total. The van der Waals surface area contributed by atoms with Crippen molar-refractivity contribution in [3.8, 4) is 5.75 Å². The Morgan fingerprint density at radius 2 is 2.16 bits per heavy atom. The smallest absolute Gasteiger partial charge is 0.254 e. The Morgan fingerprint density at radius 3 is 2.92 bits per heavy atom. The number of carbonyl (C=O) groups is 1. The van der Waals surface area contributed by atoms with Gasteiger partial charge in [0.1, 0.15) is 11.6 Å². The number of ether oxygens (including phenoxy) is 1. The maximum atomic E-state index is 13.0. The van der Waals surface area contributed by atoms with Gasteiger partial charge in [0.05, 0.1) is 28.7 Å². The van der Waals surface area contributed by atoms with Crippen molar-refractivity contribution in [1.29, 1.82) is 0 Å². The van der Waals surface area contributed by atoms with Crippen LogP contribution in [0.5, 0.6) is 5.75 Å². The highest BCUT2D eigenvalue weighted by molar-refractivity contribution is 9.10. The number of fused-ring (bicyclic) bond motifs is 1. The van der Waals surface area contributed by atoms with Crippen LogP contribution in [0.3, 0.4) is 0 Å². The van der Waals surface area contributed by atoms with Gasteiger partial charge in [0.15, 0.2) is 0 Å². The maximum Gasteiger partial charge on any atom is 0.254 e. The molecule has 0 unspecified atom stereocenters. The topological polar surface area (TPSA) is 58.2 Å². The van der Waals surface area contributed by atoms with Crippen LogP contribution in [0.15, 0.2) is 46.9 Å². The highest BCUT2D eigenvalue weighted by Gasteiger charge is 2.32. The summed E-state index contributed by atoms with van der Waals surface area (Å²) in [4.78, 5) is 23.0. The van der Waals surface area contributed by atoms with Crippen LogP contribution in [0.2, 0.25) is 0 Å². The molecule has 6 heteroatoms. The Balaban J connectivity index is 1.64. The molecule has 1 aliphatic rings. The molecule has 0 bridgehead atoms. The van der Waals surface area contributed by atoms with E-state index in [1.165, 1.54) is 0 Å². The van der Waals surface area contributed by atoms with Gasteiger partial charge in [-0.05, 0) is 59.1 Å². The third-order valence-corrected chi connectivity index (χ3v) is 5.26. The van der Waals surface area contributed by atoms with Crippen molar-refractivity contribution in [3.05, 3.63) is 58.3 Å². The number of imidazole rings is 1. The number of hydrogen-bond acceptors (Lipinski definition) is 3. The van der Waals surface area contributed by atoms with Crippen LogP contribution in [-0.2, 0) is 0 Å². The number of methoxy groups -OCH3 is 1. The van der Waals surface area contributed by atoms with Crippen molar-refractivity contribution in [2.75, 3.05) is 13.7 Å². The van der Waals surface area contributed by atoms with E-state index in [-0.39, 0.29) is 11.9 Å². The van der Waals surface area contributed by atoms with Gasteiger partial charge in [-0.1, -0.05) is 12.1 Å². The number of hydrogen-bond donors (Lipinski definition) is 1. The molecule has 1 N–H and O–H groups in total. The standard InChI is InChI=1S/C19H18BrN3O2/c1-25-17-9-8-12(11-13(17)20)19(24)23-10-4-7-16(23)18-21-14-5-2-3-6-15(14)22-18/h2-3,5-6,8-9,11,16H,4,7,10H2,1H3,(H,21,22)/t16-/m0/s1. The zero-order valence-electron chi connectivity index (χ0n) is 13.8. The first-order valence-electron chi connectivity index (χ1n) is 8.26. The molecule has 1 aromatic heterocycles. The minimum atomic E-state index is -0.0132. The van der Waals surface area contributed by atoms with Gasteiger partial charge in [-0.3, -0.25) is 4.79 Å². The number of H-pyrrole nitrogens is 1. The summed E-state index contributed by atoms with van der Waals surface area (Å²) in [6, 6.07) is 13.4. The second-order valence-electron chi connectivity index (χ2n) is 6.15. The Hall–Kier alpha value is -2.34. The molecule has 0 radical (unpaired) electrons. The average molecular weight is 400 g/mol. The molecule has 1 saturated heterocycles. The molecule has 0 aliphatic carbocycles. The summed E-state index contributed by atoms with van der Waals surface area (Å²) in [7, 11) is 1.61. The van der Waals surface area contributed by atoms with Crippen molar-refractivity contribution >= 4 is 32.9 Å². The number of rotatable bonds is 3. The zero-order valence-corrected chi connectivity index (χ0v) is 15.4. The molecule has 1 fully saturated rings. The Morgan fingerprint density at radius 1 is 1.32 bits per heavy atom. The lowest BCUT2D eigenvalue weighted by Crippen LogP contribution is -2.31. The number of benzene rings is 2. The quantitative estimate of drug-likeness (QED) is 0.713. The number of nitrogens with one attached hydrogen (secondary N) is 1. The highest BCUT2D eigenvalue weighted by atomic mass is 79.9. The minimum absolute atomic E-state index is 0.0132. The van der Waals surface area contributed by atoms with Crippen LogP contribution < -0.4 is 4.74 Å². The third kappa shape index (κ3) is 2.91. The molecule has 25 heavy (non-hydrogen) atoms. The van der Waals surface area contributed by atoms with Crippen molar-refractivity contribution in [2.45, 2.75) is 18.9 Å². The van der Waals surface area contributed by atoms with E-state index < -0.39 is 0 Å². The average Bonchev–Trinajstić information content (AvgIpc) is 3.27. The molecule has 0 spiro atoms. The normalized spacial score (nSPS) is 17.2. The van der Waals surface area contributed by atoms with Crippen LogP contribution in [0.25, 0.3) is 11.0 Å². The molecule has 1 atom stereocenters. The van der Waals surface area contributed by atoms with Crippen molar-refractivity contribution < 1.29 is 9.53 Å². The van der Waals surface area contributed by atoms with Gasteiger partial charge >= 0.3 is 0 Å². The Kier molecular flexibility index (Phi) is 4.21. The van der Waals surface area contributed by atoms with Gasteiger partial charge in [-0.2, -0.15) is 0 Å². The van der Waals surface area contributed by atoms with Gasteiger partial charge in [-0.15, -0.1) is 0 Å². The minimum Gasteiger partial charge on any atom is -0.496 e. The summed E-state index contributed by atoms with van der Waals surface area (Å²) in [6.07, 6.45) is 1.90. The predicted molar refractivity (Wildman–Crippen MR) is 99.8 cm³/mol. The Labute approximate surface area is 154 Å². The molecule has 1 aliphatic heterocycles. The number of nitrogens with zero attached hydrogens (tertiary/aromatic N) is 2. The number of halogens is 1. The summed E-state index contributed by atoms with van der Waals surface area (Å²) in [5.74, 6) is 1.60. The fraction of sp³-hybridized carbons (Fsp3) is 0.263. The molecule has 0 saturated carbocycles. The largest absolute Gasteiger partial charge is 0.496 e. The summed E-state index contributed by atoms with van der Waals surface area (Å²) in [5, 5.41) is 0. The monoisotopic (exact) mass is 399 g/mol. The summed E-state index contributed by atoms with van der Waals surface area (Å²) in [6.45, 7) is 0.740. The van der Waals surface area contributed by atoms with Gasteiger partial charge < -0.3 is 14.6 Å². The lowest BCUT2D eigenvalue weighted by molar-refractivity contribution is 0.0730. The molecular formula is C19H18BrN3O2. The number of aromatic nitrogens is 2. The molecule has 3 aromatic rings. The van der Waals surface area contributed by atoms with E-state index in [0.717, 1.165) is 40.7 Å². The van der Waals surface area contributed by atoms with Crippen molar-refractivity contribution in [1.82, 2.24) is 14.9 Å². The van der Waals surface area contributed by atoms with Gasteiger partial charge in [-0.25, -0.2) is 4.98 Å². The third-order valence-electron chi connectivity index (χ3n) is 4.64. The van der Waals surface area contributed by atoms with E-state index in [1.54, 1.807) is 13.2 Å². The van der Waals surface area contributed by atoms with Crippen molar-refractivity contribution in [3.63, 3.8) is 0 Å². The van der Waals surface area contributed by atoms with E-state index >= 15 is 0 Å². The molecule has 128 valence electrons. The zero-order chi connectivity index (χ0) is 17.4. The lowest BCUT2D eigenvalue weighted by atomic mass is 10.1. The Bertz CT molecular complexity index is 904. The second kappa shape index (κ2) is 6.52. The van der Waals surface area contributed by atoms with Gasteiger partial charge in [0.25, 0.3) is 5.91 Å². The lowest BCUT2D eigenvalue weighted by Gasteiger charge is -2.23. The van der Waals surface area contributed by atoms with Crippen LogP contribution in [0, 0.1) is 0 Å². The van der Waals surface area contributed by atoms with E-state index in [1.807, 2.05) is 41.3 Å². The number of para-hydroxylation sites is 2. The van der Waals surface area contributed by atoms with E-state index in [0.29, 0.717) is 11.3 Å². The van der Waals surface area contributed by atoms with Crippen LogP contribution in [0.4, 0.5) is 0 Å². The highest BCUT2D eigenvalue weighted by Crippen LogP contribution is 2.34. The van der Waals surface area contributed by atoms with Crippen LogP contribution in [-0.4, -0.2) is 34.4 Å². The van der Waals surface area contributed by atoms with Gasteiger partial charge in [0.2, 0.25) is 0 Å². The van der Waals surface area contributed by atoms with Crippen LogP contribution >= 0.6 is 15.9 Å². The summed E-state index contributed by atoms with van der Waals surface area (Å²) >= 11 is 3.45. The first-order chi connectivity index (χ1) is 12.2. The van der Waals surface area contributed by atoms with E-state index in [2.05, 4.69) is 25.9 Å². The molecule has 2 aromatic carbocycles. The number of likely N-dealkylation sites (tertiary alicyclic amines) is 1. The fourth-order valence-corrected chi connectivity index (χ4v) is 3.93. The number of aromatic amines is 1. The first kappa shape index (κ1) is 16.1. The molecular weight excluding hydrogens is 382 g/mol. The summed E-state index contributed by atoms with van der Waals surface area (Å²) in [5.41, 5.74) is 2.59. The van der Waals surface area contributed by atoms with Crippen LogP contribution in [0.1, 0.15) is 35.1 Å². The van der Waals surface area contributed by atoms with Crippen molar-refractivity contribution in [2.24, 2.45) is 0 Å². The summed E-state index contributed by atoms with van der Waals surface area (Å²) < 4.78 is 6.02. The SMILES string of the molecule is COc1ccc(C(=O)N2CCC[C@H]2c2nc3ccccc3[nH]2)cc1Br.